The summed E-state index contributed by atoms with van der Waals surface area (Å²) in [5.41, 5.74) is 8.90. The molecule has 0 heterocycles. The average molecular weight is 606 g/mol. The van der Waals surface area contributed by atoms with E-state index < -0.39 is 29.4 Å². The smallest absolute Gasteiger partial charge is 0.330 e. The second-order valence-electron chi connectivity index (χ2n) is 12.1. The minimum atomic E-state index is -1.64. The largest absolute Gasteiger partial charge is 0.479 e. The van der Waals surface area contributed by atoms with Gasteiger partial charge in [0.15, 0.2) is 0 Å². The van der Waals surface area contributed by atoms with Gasteiger partial charge >= 0.3 is 12.0 Å². The van der Waals surface area contributed by atoms with Crippen molar-refractivity contribution >= 4 is 17.9 Å². The molecule has 0 aliphatic rings. The van der Waals surface area contributed by atoms with Crippen molar-refractivity contribution in [2.75, 3.05) is 13.1 Å². The molecule has 0 saturated carbocycles. The van der Waals surface area contributed by atoms with Crippen molar-refractivity contribution in [3.63, 3.8) is 0 Å². The van der Waals surface area contributed by atoms with Crippen molar-refractivity contribution in [1.82, 2.24) is 10.2 Å². The number of nitrogens with one attached hydrogen (secondary N) is 1. The highest BCUT2D eigenvalue weighted by molar-refractivity contribution is 5.87. The SMILES string of the molecule is CC(C)CN(CC(CCc1ccccc1)C(N)=O)C(=O)N[C@@](Cc1ccccc1)(Cc1ccc(-c2ccccc2)cc1)C(=O)O. The highest BCUT2D eigenvalue weighted by atomic mass is 16.4. The Kier molecular flexibility index (Phi) is 11.5. The van der Waals surface area contributed by atoms with Crippen LogP contribution in [0, 0.1) is 11.8 Å². The summed E-state index contributed by atoms with van der Waals surface area (Å²) in [4.78, 5) is 41.3. The van der Waals surface area contributed by atoms with Crippen molar-refractivity contribution in [2.24, 2.45) is 17.6 Å². The van der Waals surface area contributed by atoms with Crippen LogP contribution in [0.1, 0.15) is 37.0 Å². The van der Waals surface area contributed by atoms with Gasteiger partial charge in [-0.3, -0.25) is 4.79 Å². The van der Waals surface area contributed by atoms with Crippen molar-refractivity contribution in [1.29, 1.82) is 0 Å². The Bertz CT molecular complexity index is 1530. The number of carbonyl (C=O) groups is 3. The van der Waals surface area contributed by atoms with Crippen molar-refractivity contribution < 1.29 is 19.5 Å². The first-order chi connectivity index (χ1) is 21.6. The number of carbonyl (C=O) groups excluding carboxylic acids is 2. The van der Waals surface area contributed by atoms with Crippen LogP contribution in [-0.2, 0) is 28.9 Å². The molecule has 0 radical (unpaired) electrons. The van der Waals surface area contributed by atoms with Crippen LogP contribution in [0.3, 0.4) is 0 Å². The van der Waals surface area contributed by atoms with E-state index in [1.54, 1.807) is 4.90 Å². The zero-order valence-corrected chi connectivity index (χ0v) is 26.1. The van der Waals surface area contributed by atoms with E-state index in [0.717, 1.165) is 27.8 Å². The summed E-state index contributed by atoms with van der Waals surface area (Å²) in [5.74, 6) is -2.13. The average Bonchev–Trinajstić information content (AvgIpc) is 3.03. The van der Waals surface area contributed by atoms with Crippen molar-refractivity contribution in [3.05, 3.63) is 132 Å². The first kappa shape index (κ1) is 33.0. The molecule has 0 fully saturated rings. The third kappa shape index (κ3) is 9.54. The number of urea groups is 1. The first-order valence-corrected chi connectivity index (χ1v) is 15.5. The predicted octanol–water partition coefficient (Wildman–Crippen LogP) is 6.36. The second-order valence-corrected chi connectivity index (χ2v) is 12.1. The molecule has 0 aliphatic carbocycles. The number of hydrogen-bond donors (Lipinski definition) is 3. The number of rotatable bonds is 15. The number of primary amides is 1. The molecule has 0 saturated heterocycles. The zero-order valence-electron chi connectivity index (χ0n) is 26.1. The van der Waals surface area contributed by atoms with Crippen LogP contribution in [0.25, 0.3) is 11.1 Å². The minimum absolute atomic E-state index is 0.0702. The van der Waals surface area contributed by atoms with Crippen LogP contribution in [0.4, 0.5) is 4.79 Å². The van der Waals surface area contributed by atoms with Gasteiger partial charge in [0.2, 0.25) is 5.91 Å². The minimum Gasteiger partial charge on any atom is -0.479 e. The summed E-state index contributed by atoms with van der Waals surface area (Å²) in [5, 5.41) is 13.7. The highest BCUT2D eigenvalue weighted by Gasteiger charge is 2.42. The standard InChI is InChI=1S/C38H43N3O4/c1-28(2)26-41(27-34(35(39)42)23-18-29-12-6-3-7-13-29)37(45)40-38(36(43)44,24-30-14-8-4-9-15-30)25-31-19-21-33(22-20-31)32-16-10-5-11-17-32/h3-17,19-22,28,34H,18,23-27H2,1-2H3,(H2,39,42)(H,40,45)(H,43,44)/t34?,38-/m0/s1. The van der Waals surface area contributed by atoms with E-state index in [4.69, 9.17) is 5.73 Å². The van der Waals surface area contributed by atoms with E-state index in [1.807, 2.05) is 129 Å². The Morgan fingerprint density at radius 1 is 0.711 bits per heavy atom. The fourth-order valence-corrected chi connectivity index (χ4v) is 5.63. The molecule has 234 valence electrons. The van der Waals surface area contributed by atoms with Crippen LogP contribution in [-0.4, -0.2) is 46.5 Å². The van der Waals surface area contributed by atoms with Crippen LogP contribution in [0.15, 0.2) is 115 Å². The summed E-state index contributed by atoms with van der Waals surface area (Å²) in [7, 11) is 0. The molecule has 0 spiro atoms. The van der Waals surface area contributed by atoms with Crippen LogP contribution >= 0.6 is 0 Å². The van der Waals surface area contributed by atoms with Gasteiger partial charge in [-0.25, -0.2) is 9.59 Å². The van der Waals surface area contributed by atoms with Crippen LogP contribution < -0.4 is 11.1 Å². The third-order valence-corrected chi connectivity index (χ3v) is 8.01. The van der Waals surface area contributed by atoms with Crippen molar-refractivity contribution in [3.8, 4) is 11.1 Å². The van der Waals surface area contributed by atoms with E-state index in [2.05, 4.69) is 5.32 Å². The quantitative estimate of drug-likeness (QED) is 0.146. The molecule has 4 rings (SSSR count). The normalized spacial score (nSPS) is 13.0. The Labute approximate surface area is 266 Å². The topological polar surface area (TPSA) is 113 Å². The summed E-state index contributed by atoms with van der Waals surface area (Å²) in [6.45, 7) is 4.39. The van der Waals surface area contributed by atoms with Gasteiger partial charge < -0.3 is 21.1 Å². The molecule has 2 atom stereocenters. The molecular weight excluding hydrogens is 562 g/mol. The lowest BCUT2D eigenvalue weighted by atomic mass is 9.84. The van der Waals surface area contributed by atoms with Gasteiger partial charge in [0.05, 0.1) is 5.92 Å². The monoisotopic (exact) mass is 605 g/mol. The number of benzene rings is 4. The number of nitrogens with zero attached hydrogens (tertiary/aromatic N) is 1. The van der Waals surface area contributed by atoms with Gasteiger partial charge in [0.25, 0.3) is 0 Å². The summed E-state index contributed by atoms with van der Waals surface area (Å²) in [6, 6.07) is 36.3. The molecule has 1 unspecified atom stereocenters. The fraction of sp³-hybridized carbons (Fsp3) is 0.289. The van der Waals surface area contributed by atoms with E-state index in [1.165, 1.54) is 0 Å². The second kappa shape index (κ2) is 15.7. The molecule has 45 heavy (non-hydrogen) atoms. The summed E-state index contributed by atoms with van der Waals surface area (Å²) < 4.78 is 0. The molecule has 4 aromatic rings. The Balaban J connectivity index is 1.61. The maximum atomic E-state index is 14.1. The predicted molar refractivity (Wildman–Crippen MR) is 178 cm³/mol. The number of amides is 3. The zero-order chi connectivity index (χ0) is 32.2. The molecule has 3 amide bonds. The molecule has 0 aliphatic heterocycles. The summed E-state index contributed by atoms with van der Waals surface area (Å²) >= 11 is 0. The molecule has 7 nitrogen and oxygen atoms in total. The number of hydrogen-bond acceptors (Lipinski definition) is 3. The molecule has 7 heteroatoms. The van der Waals surface area contributed by atoms with Gasteiger partial charge in [-0.15, -0.1) is 0 Å². The van der Waals surface area contributed by atoms with Crippen LogP contribution in [0.5, 0.6) is 0 Å². The number of carboxylic acid groups (broad SMARTS) is 1. The highest BCUT2D eigenvalue weighted by Crippen LogP contribution is 2.25. The van der Waals surface area contributed by atoms with Gasteiger partial charge in [0.1, 0.15) is 5.54 Å². The number of aliphatic carboxylic acids is 1. The van der Waals surface area contributed by atoms with E-state index in [-0.39, 0.29) is 25.3 Å². The van der Waals surface area contributed by atoms with E-state index in [9.17, 15) is 19.5 Å². The van der Waals surface area contributed by atoms with Crippen LogP contribution in [0.2, 0.25) is 0 Å². The number of carboxylic acids is 1. The van der Waals surface area contributed by atoms with Crippen molar-refractivity contribution in [2.45, 2.75) is 45.1 Å². The lowest BCUT2D eigenvalue weighted by molar-refractivity contribution is -0.144. The number of aryl methyl sites for hydroxylation is 1. The third-order valence-electron chi connectivity index (χ3n) is 8.01. The first-order valence-electron chi connectivity index (χ1n) is 15.5. The molecular formula is C38H43N3O4. The molecule has 0 bridgehead atoms. The maximum absolute atomic E-state index is 14.1. The lowest BCUT2D eigenvalue weighted by Gasteiger charge is -2.35. The Hall–Kier alpha value is -4.91. The van der Waals surface area contributed by atoms with E-state index >= 15 is 0 Å². The number of nitrogens with two attached hydrogens (primary N) is 1. The molecule has 4 N–H and O–H groups in total. The molecule has 4 aromatic carbocycles. The lowest BCUT2D eigenvalue weighted by Crippen LogP contribution is -2.61. The molecule has 0 aromatic heterocycles. The maximum Gasteiger partial charge on any atom is 0.330 e. The van der Waals surface area contributed by atoms with Gasteiger partial charge in [-0.05, 0) is 46.6 Å². The Morgan fingerprint density at radius 3 is 1.71 bits per heavy atom. The Morgan fingerprint density at radius 2 is 1.20 bits per heavy atom. The van der Waals surface area contributed by atoms with Gasteiger partial charge in [0, 0.05) is 25.9 Å². The van der Waals surface area contributed by atoms with E-state index in [0.29, 0.717) is 19.4 Å². The van der Waals surface area contributed by atoms with Gasteiger partial charge in [-0.2, -0.15) is 0 Å². The summed E-state index contributed by atoms with van der Waals surface area (Å²) in [6.07, 6.45) is 1.26. The fourth-order valence-electron chi connectivity index (χ4n) is 5.63. The van der Waals surface area contributed by atoms with Gasteiger partial charge in [-0.1, -0.05) is 129 Å².